The maximum absolute atomic E-state index is 13.6. The fourth-order valence-corrected chi connectivity index (χ4v) is 5.65. The van der Waals surface area contributed by atoms with Crippen LogP contribution in [0, 0.1) is 6.92 Å². The summed E-state index contributed by atoms with van der Waals surface area (Å²) in [6.07, 6.45) is 3.04. The quantitative estimate of drug-likeness (QED) is 0.241. The third kappa shape index (κ3) is 5.15. The van der Waals surface area contributed by atoms with Crippen LogP contribution < -0.4 is 14.4 Å². The molecule has 4 aromatic rings. The topological polar surface area (TPSA) is 89.0 Å². The molecule has 0 spiro atoms. The number of hydrogen-bond donors (Lipinski definition) is 1. The minimum absolute atomic E-state index is 0.0192. The molecule has 1 atom stereocenters. The van der Waals surface area contributed by atoms with Crippen LogP contribution in [0.1, 0.15) is 36.6 Å². The molecule has 1 N–H and O–H groups in total. The molecule has 1 aliphatic rings. The predicted octanol–water partition coefficient (Wildman–Crippen LogP) is 6.58. The average Bonchev–Trinajstić information content (AvgIpc) is 3.46. The molecule has 0 fully saturated rings. The Morgan fingerprint density at radius 2 is 1.77 bits per heavy atom. The predicted molar refractivity (Wildman–Crippen MR) is 154 cm³/mol. The number of carbonyl (C=O) groups is 2. The van der Waals surface area contributed by atoms with Crippen LogP contribution in [-0.2, 0) is 9.59 Å². The van der Waals surface area contributed by atoms with Gasteiger partial charge in [-0.15, -0.1) is 0 Å². The molecule has 0 radical (unpaired) electrons. The highest BCUT2D eigenvalue weighted by atomic mass is 32.1. The molecule has 1 unspecified atom stereocenters. The summed E-state index contributed by atoms with van der Waals surface area (Å²) < 4.78 is 12.5. The van der Waals surface area contributed by atoms with Crippen LogP contribution in [0.15, 0.2) is 84.1 Å². The number of anilines is 1. The van der Waals surface area contributed by atoms with Crippen molar-refractivity contribution in [3.63, 3.8) is 0 Å². The summed E-state index contributed by atoms with van der Waals surface area (Å²) in [5.74, 6) is -0.702. The Morgan fingerprint density at radius 3 is 2.51 bits per heavy atom. The van der Waals surface area contributed by atoms with Crippen LogP contribution >= 0.6 is 11.3 Å². The summed E-state index contributed by atoms with van der Waals surface area (Å²) >= 11 is 1.33. The van der Waals surface area contributed by atoms with Crippen molar-refractivity contribution in [2.75, 3.05) is 18.1 Å². The molecule has 5 rings (SSSR count). The Labute approximate surface area is 230 Å². The van der Waals surface area contributed by atoms with Gasteiger partial charge >= 0.3 is 0 Å². The summed E-state index contributed by atoms with van der Waals surface area (Å²) in [4.78, 5) is 33.2. The summed E-state index contributed by atoms with van der Waals surface area (Å²) in [7, 11) is 0. The number of hydrogen-bond acceptors (Lipinski definition) is 7. The molecule has 1 aliphatic heterocycles. The minimum Gasteiger partial charge on any atom is -0.503 e. The summed E-state index contributed by atoms with van der Waals surface area (Å²) in [5, 5.41) is 11.5. The molecule has 0 saturated carbocycles. The SMILES string of the molecule is CCOc1ccc(C2C(C(=O)C=Cc3ccccc3)=C(O)C(=O)N2c2nc3ccc(C)cc3s2)cc1OCC. The molecule has 1 amide bonds. The molecule has 0 bridgehead atoms. The molecule has 198 valence electrons. The molecular formula is C31H28N2O5S. The van der Waals surface area contributed by atoms with Crippen molar-refractivity contribution in [1.82, 2.24) is 4.98 Å². The van der Waals surface area contributed by atoms with Crippen LogP contribution in [0.3, 0.4) is 0 Å². The van der Waals surface area contributed by atoms with Crippen molar-refractivity contribution in [3.05, 3.63) is 101 Å². The largest absolute Gasteiger partial charge is 0.503 e. The van der Waals surface area contributed by atoms with E-state index in [4.69, 9.17) is 14.5 Å². The van der Waals surface area contributed by atoms with E-state index in [-0.39, 0.29) is 5.57 Å². The number of aliphatic hydroxyl groups is 1. The maximum atomic E-state index is 13.6. The second-order valence-corrected chi connectivity index (χ2v) is 10.00. The van der Waals surface area contributed by atoms with Crippen LogP contribution in [0.4, 0.5) is 5.13 Å². The molecule has 2 heterocycles. The van der Waals surface area contributed by atoms with Gasteiger partial charge in [-0.3, -0.25) is 14.5 Å². The smallest absolute Gasteiger partial charge is 0.296 e. The van der Waals surface area contributed by atoms with E-state index in [1.54, 1.807) is 24.3 Å². The van der Waals surface area contributed by atoms with Crippen molar-refractivity contribution < 1.29 is 24.2 Å². The number of thiazole rings is 1. The molecule has 39 heavy (non-hydrogen) atoms. The van der Waals surface area contributed by atoms with E-state index < -0.39 is 23.5 Å². The average molecular weight is 541 g/mol. The number of fused-ring (bicyclic) bond motifs is 1. The van der Waals surface area contributed by atoms with E-state index in [1.165, 1.54) is 22.3 Å². The third-order valence-corrected chi connectivity index (χ3v) is 7.34. The van der Waals surface area contributed by atoms with Gasteiger partial charge in [0.05, 0.1) is 35.0 Å². The lowest BCUT2D eigenvalue weighted by molar-refractivity contribution is -0.117. The Bertz CT molecular complexity index is 1610. The number of rotatable bonds is 9. The second-order valence-electron chi connectivity index (χ2n) is 8.99. The van der Waals surface area contributed by atoms with Crippen LogP contribution in [0.5, 0.6) is 11.5 Å². The van der Waals surface area contributed by atoms with Gasteiger partial charge in [0.25, 0.3) is 5.91 Å². The highest BCUT2D eigenvalue weighted by Gasteiger charge is 2.45. The highest BCUT2D eigenvalue weighted by molar-refractivity contribution is 7.22. The molecule has 7 nitrogen and oxygen atoms in total. The summed E-state index contributed by atoms with van der Waals surface area (Å²) in [6.45, 7) is 6.59. The normalized spacial score (nSPS) is 15.5. The van der Waals surface area contributed by atoms with Gasteiger partial charge < -0.3 is 14.6 Å². The number of ketones is 1. The van der Waals surface area contributed by atoms with Gasteiger partial charge in [-0.2, -0.15) is 0 Å². The Kier molecular flexibility index (Phi) is 7.47. The first-order chi connectivity index (χ1) is 18.9. The first-order valence-corrected chi connectivity index (χ1v) is 13.5. The number of amides is 1. The number of aliphatic hydroxyl groups excluding tert-OH is 1. The molecule has 0 saturated heterocycles. The third-order valence-electron chi connectivity index (χ3n) is 6.32. The number of aryl methyl sites for hydroxylation is 1. The van der Waals surface area contributed by atoms with Crippen molar-refractivity contribution in [2.45, 2.75) is 26.8 Å². The van der Waals surface area contributed by atoms with Crippen molar-refractivity contribution >= 4 is 44.5 Å². The summed E-state index contributed by atoms with van der Waals surface area (Å²) in [6, 6.07) is 19.6. The number of allylic oxidation sites excluding steroid dienone is 1. The fraction of sp³-hybridized carbons (Fsp3) is 0.194. The van der Waals surface area contributed by atoms with Gasteiger partial charge in [0.1, 0.15) is 0 Å². The summed E-state index contributed by atoms with van der Waals surface area (Å²) in [5.41, 5.74) is 3.19. The Morgan fingerprint density at radius 1 is 1.03 bits per heavy atom. The second kappa shape index (κ2) is 11.1. The zero-order chi connectivity index (χ0) is 27.5. The van der Waals surface area contributed by atoms with Gasteiger partial charge in [-0.1, -0.05) is 59.9 Å². The molecule has 3 aromatic carbocycles. The van der Waals surface area contributed by atoms with E-state index in [9.17, 15) is 14.7 Å². The van der Waals surface area contributed by atoms with Crippen LogP contribution in [-0.4, -0.2) is 35.0 Å². The van der Waals surface area contributed by atoms with Gasteiger partial charge in [0.2, 0.25) is 0 Å². The van der Waals surface area contributed by atoms with Gasteiger partial charge in [-0.05, 0) is 67.8 Å². The van der Waals surface area contributed by atoms with E-state index in [0.717, 1.165) is 21.3 Å². The first kappa shape index (κ1) is 26.2. The van der Waals surface area contributed by atoms with Gasteiger partial charge in [0.15, 0.2) is 28.2 Å². The maximum Gasteiger partial charge on any atom is 0.296 e. The van der Waals surface area contributed by atoms with E-state index in [0.29, 0.717) is 35.4 Å². The lowest BCUT2D eigenvalue weighted by atomic mass is 9.95. The van der Waals surface area contributed by atoms with Crippen molar-refractivity contribution in [1.29, 1.82) is 0 Å². The van der Waals surface area contributed by atoms with E-state index in [2.05, 4.69) is 0 Å². The number of benzene rings is 3. The fourth-order valence-electron chi connectivity index (χ4n) is 4.56. The van der Waals surface area contributed by atoms with Gasteiger partial charge in [0, 0.05) is 0 Å². The number of ether oxygens (including phenoxy) is 2. The Balaban J connectivity index is 1.63. The Hall–Kier alpha value is -4.43. The highest BCUT2D eigenvalue weighted by Crippen LogP contribution is 2.45. The molecule has 0 aliphatic carbocycles. The molecule has 1 aromatic heterocycles. The van der Waals surface area contributed by atoms with Gasteiger partial charge in [-0.25, -0.2) is 4.98 Å². The lowest BCUT2D eigenvalue weighted by Gasteiger charge is -2.25. The zero-order valence-electron chi connectivity index (χ0n) is 21.9. The molecule has 8 heteroatoms. The minimum atomic E-state index is -0.915. The number of nitrogens with zero attached hydrogens (tertiary/aromatic N) is 2. The monoisotopic (exact) mass is 540 g/mol. The number of aromatic nitrogens is 1. The zero-order valence-corrected chi connectivity index (χ0v) is 22.7. The van der Waals surface area contributed by atoms with E-state index >= 15 is 0 Å². The first-order valence-electron chi connectivity index (χ1n) is 12.7. The van der Waals surface area contributed by atoms with E-state index in [1.807, 2.05) is 69.3 Å². The standard InChI is InChI=1S/C31H28N2O5S/c1-4-37-24-16-13-21(18-25(24)38-5-2)28-27(23(34)15-12-20-9-7-6-8-10-20)29(35)30(36)33(28)31-32-22-14-11-19(3)17-26(22)39-31/h6-18,28,35H,4-5H2,1-3H3. The molecular weight excluding hydrogens is 512 g/mol. The lowest BCUT2D eigenvalue weighted by Crippen LogP contribution is -2.30. The van der Waals surface area contributed by atoms with Crippen LogP contribution in [0.2, 0.25) is 0 Å². The van der Waals surface area contributed by atoms with Crippen molar-refractivity contribution in [3.8, 4) is 11.5 Å². The van der Waals surface area contributed by atoms with Crippen LogP contribution in [0.25, 0.3) is 16.3 Å². The van der Waals surface area contributed by atoms with Crippen molar-refractivity contribution in [2.24, 2.45) is 0 Å². The number of carbonyl (C=O) groups excluding carboxylic acids is 2.